The van der Waals surface area contributed by atoms with Crippen LogP contribution in [0.15, 0.2) is 42.7 Å². The Morgan fingerprint density at radius 2 is 2.04 bits per heavy atom. The Kier molecular flexibility index (Phi) is 4.52. The molecule has 0 aliphatic heterocycles. The molecule has 0 radical (unpaired) electrons. The van der Waals surface area contributed by atoms with E-state index < -0.39 is 0 Å². The molecule has 0 spiro atoms. The minimum absolute atomic E-state index is 0.125. The fourth-order valence-electron chi connectivity index (χ4n) is 2.11. The van der Waals surface area contributed by atoms with Crippen LogP contribution in [0.3, 0.4) is 0 Å². The quantitative estimate of drug-likeness (QED) is 0.751. The van der Waals surface area contributed by atoms with Crippen molar-refractivity contribution in [3.05, 3.63) is 48.4 Å². The highest BCUT2D eigenvalue weighted by Crippen LogP contribution is 2.29. The molecule has 0 aliphatic carbocycles. The van der Waals surface area contributed by atoms with E-state index in [9.17, 15) is 0 Å². The standard InChI is InChI=1S/C17H18N4OS/c1-11(2)22-13-8-12(3)20-16(9-13)21-17-19-10-15(23-17)14-6-4-5-7-18-14/h4-11H,1-3H3,(H,19,20,21). The van der Waals surface area contributed by atoms with E-state index in [1.807, 2.05) is 57.3 Å². The number of pyridine rings is 2. The zero-order valence-electron chi connectivity index (χ0n) is 13.3. The molecule has 1 N–H and O–H groups in total. The van der Waals surface area contributed by atoms with Gasteiger partial charge >= 0.3 is 0 Å². The van der Waals surface area contributed by atoms with Crippen molar-refractivity contribution in [1.82, 2.24) is 15.0 Å². The van der Waals surface area contributed by atoms with Gasteiger partial charge < -0.3 is 10.1 Å². The van der Waals surface area contributed by atoms with Crippen molar-refractivity contribution in [2.45, 2.75) is 26.9 Å². The summed E-state index contributed by atoms with van der Waals surface area (Å²) in [5.74, 6) is 1.53. The van der Waals surface area contributed by atoms with Gasteiger partial charge in [-0.3, -0.25) is 4.98 Å². The third kappa shape index (κ3) is 4.04. The molecule has 3 aromatic heterocycles. The number of aromatic nitrogens is 3. The van der Waals surface area contributed by atoms with E-state index in [4.69, 9.17) is 4.74 Å². The van der Waals surface area contributed by atoms with Crippen molar-refractivity contribution < 1.29 is 4.74 Å². The number of aryl methyl sites for hydroxylation is 1. The first-order valence-corrected chi connectivity index (χ1v) is 8.21. The molecule has 3 rings (SSSR count). The van der Waals surface area contributed by atoms with Crippen LogP contribution in [0.25, 0.3) is 10.6 Å². The summed E-state index contributed by atoms with van der Waals surface area (Å²) < 4.78 is 5.74. The Hall–Kier alpha value is -2.47. The average molecular weight is 326 g/mol. The minimum Gasteiger partial charge on any atom is -0.491 e. The van der Waals surface area contributed by atoms with Gasteiger partial charge in [-0.25, -0.2) is 9.97 Å². The van der Waals surface area contributed by atoms with Crippen LogP contribution in [-0.2, 0) is 0 Å². The summed E-state index contributed by atoms with van der Waals surface area (Å²) >= 11 is 1.54. The first-order valence-electron chi connectivity index (χ1n) is 7.40. The van der Waals surface area contributed by atoms with Crippen LogP contribution in [0.2, 0.25) is 0 Å². The van der Waals surface area contributed by atoms with E-state index >= 15 is 0 Å². The maximum atomic E-state index is 5.74. The fraction of sp³-hybridized carbons (Fsp3) is 0.235. The maximum Gasteiger partial charge on any atom is 0.188 e. The first-order chi connectivity index (χ1) is 11.1. The molecule has 6 heteroatoms. The second-order valence-electron chi connectivity index (χ2n) is 5.37. The molecule has 118 valence electrons. The molecule has 0 amide bonds. The number of anilines is 2. The van der Waals surface area contributed by atoms with Gasteiger partial charge in [-0.2, -0.15) is 0 Å². The topological polar surface area (TPSA) is 59.9 Å². The van der Waals surface area contributed by atoms with Gasteiger partial charge in [0.2, 0.25) is 0 Å². The van der Waals surface area contributed by atoms with Crippen molar-refractivity contribution in [3.8, 4) is 16.3 Å². The largest absolute Gasteiger partial charge is 0.491 e. The van der Waals surface area contributed by atoms with Gasteiger partial charge in [0.1, 0.15) is 11.6 Å². The van der Waals surface area contributed by atoms with Crippen LogP contribution in [0.4, 0.5) is 10.9 Å². The number of hydrogen-bond donors (Lipinski definition) is 1. The van der Waals surface area contributed by atoms with Crippen LogP contribution in [0.5, 0.6) is 5.75 Å². The first kappa shape index (κ1) is 15.4. The Morgan fingerprint density at radius 3 is 2.78 bits per heavy atom. The lowest BCUT2D eigenvalue weighted by Gasteiger charge is -2.11. The molecule has 0 unspecified atom stereocenters. The normalized spacial score (nSPS) is 10.8. The maximum absolute atomic E-state index is 5.74. The van der Waals surface area contributed by atoms with Crippen LogP contribution >= 0.6 is 11.3 Å². The highest BCUT2D eigenvalue weighted by Gasteiger charge is 2.08. The summed E-state index contributed by atoms with van der Waals surface area (Å²) in [5, 5.41) is 4.01. The number of ether oxygens (including phenoxy) is 1. The molecule has 5 nitrogen and oxygen atoms in total. The second-order valence-corrected chi connectivity index (χ2v) is 6.40. The molecule has 0 aromatic carbocycles. The predicted molar refractivity (Wildman–Crippen MR) is 93.4 cm³/mol. The number of nitrogens with zero attached hydrogens (tertiary/aromatic N) is 3. The fourth-order valence-corrected chi connectivity index (χ4v) is 2.91. The van der Waals surface area contributed by atoms with Crippen LogP contribution < -0.4 is 10.1 Å². The SMILES string of the molecule is Cc1cc(OC(C)C)cc(Nc2ncc(-c3ccccn3)s2)n1. The molecule has 0 saturated carbocycles. The molecule has 3 heterocycles. The van der Waals surface area contributed by atoms with E-state index in [1.165, 1.54) is 0 Å². The van der Waals surface area contributed by atoms with Gasteiger partial charge in [-0.05, 0) is 32.9 Å². The molecule has 0 bridgehead atoms. The number of hydrogen-bond acceptors (Lipinski definition) is 6. The van der Waals surface area contributed by atoms with Crippen LogP contribution in [-0.4, -0.2) is 21.1 Å². The van der Waals surface area contributed by atoms with Crippen molar-refractivity contribution in [1.29, 1.82) is 0 Å². The van der Waals surface area contributed by atoms with Crippen LogP contribution in [0.1, 0.15) is 19.5 Å². The van der Waals surface area contributed by atoms with Crippen molar-refractivity contribution in [2.75, 3.05) is 5.32 Å². The Labute approximate surface area is 139 Å². The third-order valence-electron chi connectivity index (χ3n) is 2.96. The molecular weight excluding hydrogens is 308 g/mol. The number of rotatable bonds is 5. The molecule has 0 fully saturated rings. The average Bonchev–Trinajstić information content (AvgIpc) is 2.95. The highest BCUT2D eigenvalue weighted by atomic mass is 32.1. The summed E-state index contributed by atoms with van der Waals surface area (Å²) in [6, 6.07) is 9.64. The molecule has 23 heavy (non-hydrogen) atoms. The monoisotopic (exact) mass is 326 g/mol. The van der Waals surface area contributed by atoms with Gasteiger partial charge in [0, 0.05) is 30.2 Å². The summed E-state index contributed by atoms with van der Waals surface area (Å²) in [5.41, 5.74) is 1.81. The summed E-state index contributed by atoms with van der Waals surface area (Å²) in [6.07, 6.45) is 3.72. The summed E-state index contributed by atoms with van der Waals surface area (Å²) in [7, 11) is 0. The van der Waals surface area contributed by atoms with Gasteiger partial charge in [-0.1, -0.05) is 17.4 Å². The van der Waals surface area contributed by atoms with Crippen LogP contribution in [0, 0.1) is 6.92 Å². The molecule has 0 atom stereocenters. The Balaban J connectivity index is 1.80. The lowest BCUT2D eigenvalue weighted by molar-refractivity contribution is 0.242. The molecule has 3 aromatic rings. The second kappa shape index (κ2) is 6.75. The third-order valence-corrected chi connectivity index (χ3v) is 3.89. The van der Waals surface area contributed by atoms with Crippen molar-refractivity contribution >= 4 is 22.3 Å². The van der Waals surface area contributed by atoms with Gasteiger partial charge in [0.05, 0.1) is 16.7 Å². The number of thiazole rings is 1. The molecule has 0 saturated heterocycles. The van der Waals surface area contributed by atoms with E-state index in [0.717, 1.165) is 33.0 Å². The van der Waals surface area contributed by atoms with E-state index in [1.54, 1.807) is 17.5 Å². The van der Waals surface area contributed by atoms with Crippen molar-refractivity contribution in [2.24, 2.45) is 0 Å². The lowest BCUT2D eigenvalue weighted by Crippen LogP contribution is -2.06. The summed E-state index contributed by atoms with van der Waals surface area (Å²) in [4.78, 5) is 14.2. The molecular formula is C17H18N4OS. The zero-order valence-corrected chi connectivity index (χ0v) is 14.1. The van der Waals surface area contributed by atoms with Gasteiger partial charge in [-0.15, -0.1) is 0 Å². The van der Waals surface area contributed by atoms with Crippen molar-refractivity contribution in [3.63, 3.8) is 0 Å². The van der Waals surface area contributed by atoms with E-state index in [2.05, 4.69) is 20.3 Å². The minimum atomic E-state index is 0.125. The lowest BCUT2D eigenvalue weighted by atomic mass is 10.3. The smallest absolute Gasteiger partial charge is 0.188 e. The van der Waals surface area contributed by atoms with Gasteiger partial charge in [0.15, 0.2) is 5.13 Å². The van der Waals surface area contributed by atoms with E-state index in [0.29, 0.717) is 0 Å². The van der Waals surface area contributed by atoms with E-state index in [-0.39, 0.29) is 6.10 Å². The molecule has 0 aliphatic rings. The zero-order chi connectivity index (χ0) is 16.2. The highest BCUT2D eigenvalue weighted by molar-refractivity contribution is 7.18. The predicted octanol–water partition coefficient (Wildman–Crippen LogP) is 4.44. The van der Waals surface area contributed by atoms with Gasteiger partial charge in [0.25, 0.3) is 0 Å². The summed E-state index contributed by atoms with van der Waals surface area (Å²) in [6.45, 7) is 5.95. The Bertz CT molecular complexity index is 786. The Morgan fingerprint density at radius 1 is 1.17 bits per heavy atom. The number of nitrogens with one attached hydrogen (secondary N) is 1.